The van der Waals surface area contributed by atoms with Crippen LogP contribution in [0, 0.1) is 12.0 Å². The molecule has 17 heavy (non-hydrogen) atoms. The zero-order chi connectivity index (χ0) is 12.7. The van der Waals surface area contributed by atoms with Crippen molar-refractivity contribution in [3.05, 3.63) is 35.9 Å². The van der Waals surface area contributed by atoms with Crippen molar-refractivity contribution in [1.29, 1.82) is 0 Å². The van der Waals surface area contributed by atoms with E-state index in [1.165, 1.54) is 0 Å². The van der Waals surface area contributed by atoms with Crippen LogP contribution >= 0.6 is 0 Å². The Morgan fingerprint density at radius 3 is 2.12 bits per heavy atom. The average Bonchev–Trinajstić information content (AvgIpc) is 2.29. The number of hydrogen-bond donors (Lipinski definition) is 0. The normalized spacial score (nSPS) is 10.7. The van der Waals surface area contributed by atoms with Crippen LogP contribution in [0.1, 0.15) is 33.3 Å². The highest BCUT2D eigenvalue weighted by atomic mass is 15.6. The molecule has 0 radical (unpaired) electrons. The molecule has 0 saturated heterocycles. The molecule has 0 aromatic heterocycles. The largest absolute Gasteiger partial charge is 0.273 e. The first kappa shape index (κ1) is 13.2. The van der Waals surface area contributed by atoms with Gasteiger partial charge < -0.3 is 0 Å². The summed E-state index contributed by atoms with van der Waals surface area (Å²) in [5.74, 6) is 2.94. The van der Waals surface area contributed by atoms with Crippen LogP contribution in [0.4, 0.5) is 0 Å². The molecule has 1 rings (SSSR count). The molecule has 0 spiro atoms. The fourth-order valence-corrected chi connectivity index (χ4v) is 1.49. The molecule has 0 heterocycles. The Kier molecular flexibility index (Phi) is 5.22. The Balaban J connectivity index is 2.64. The van der Waals surface area contributed by atoms with Crippen molar-refractivity contribution in [1.82, 2.24) is 5.01 Å². The van der Waals surface area contributed by atoms with Gasteiger partial charge in [0.15, 0.2) is 0 Å². The van der Waals surface area contributed by atoms with Gasteiger partial charge in [-0.05, 0) is 45.7 Å². The predicted octanol–water partition coefficient (Wildman–Crippen LogP) is 3.48. The maximum Gasteiger partial charge on any atom is 0.0648 e. The monoisotopic (exact) mass is 229 g/mol. The van der Waals surface area contributed by atoms with Gasteiger partial charge in [-0.25, -0.2) is 0 Å². The first-order valence-electron chi connectivity index (χ1n) is 5.86. The van der Waals surface area contributed by atoms with Gasteiger partial charge in [-0.15, -0.1) is 0 Å². The number of benzene rings is 1. The lowest BCUT2D eigenvalue weighted by atomic mass is 10.2. The number of hydrogen-bond acceptors (Lipinski definition) is 2. The summed E-state index contributed by atoms with van der Waals surface area (Å²) in [6, 6.07) is 13.1. The summed E-state index contributed by atoms with van der Waals surface area (Å²) in [4.78, 5) is 0. The van der Waals surface area contributed by atoms with Gasteiger partial charge in [0.2, 0.25) is 0 Å². The van der Waals surface area contributed by atoms with Gasteiger partial charge in [-0.2, -0.15) is 0 Å². The molecule has 0 fully saturated rings. The summed E-state index contributed by atoms with van der Waals surface area (Å²) in [5, 5.41) is 9.95. The van der Waals surface area contributed by atoms with Crippen LogP contribution < -0.4 is 0 Å². The molecule has 0 bridgehead atoms. The molecule has 1 aromatic rings. The van der Waals surface area contributed by atoms with E-state index in [0.29, 0.717) is 12.1 Å². The van der Waals surface area contributed by atoms with Crippen molar-refractivity contribution in [2.45, 2.75) is 39.8 Å². The fraction of sp³-hybridized carbons (Fsp3) is 0.429. The van der Waals surface area contributed by atoms with Gasteiger partial charge >= 0.3 is 0 Å². The fourth-order valence-electron chi connectivity index (χ4n) is 1.49. The first-order valence-corrected chi connectivity index (χ1v) is 5.86. The van der Waals surface area contributed by atoms with Crippen LogP contribution in [0.5, 0.6) is 0 Å². The lowest BCUT2D eigenvalue weighted by Crippen LogP contribution is -2.31. The van der Waals surface area contributed by atoms with Crippen molar-refractivity contribution < 1.29 is 0 Å². The lowest BCUT2D eigenvalue weighted by Gasteiger charge is -2.25. The maximum absolute atomic E-state index is 4.12. The Morgan fingerprint density at radius 2 is 1.59 bits per heavy atom. The third-order valence-electron chi connectivity index (χ3n) is 2.23. The van der Waals surface area contributed by atoms with E-state index >= 15 is 0 Å². The minimum atomic E-state index is 0.331. The summed E-state index contributed by atoms with van der Waals surface area (Å²) in [6.45, 7) is 8.35. The summed E-state index contributed by atoms with van der Waals surface area (Å²) in [7, 11) is 0. The number of nitrogens with zero attached hydrogens (tertiary/aromatic N) is 3. The second kappa shape index (κ2) is 6.70. The molecular formula is C14H19N3. The van der Waals surface area contributed by atoms with Crippen LogP contribution in [-0.4, -0.2) is 17.1 Å². The third kappa shape index (κ3) is 4.69. The highest BCUT2D eigenvalue weighted by Crippen LogP contribution is 2.05. The molecule has 1 aromatic carbocycles. The van der Waals surface area contributed by atoms with Gasteiger partial charge in [-0.3, -0.25) is 5.01 Å². The van der Waals surface area contributed by atoms with E-state index in [1.54, 1.807) is 0 Å². The molecule has 0 aliphatic rings. The zero-order valence-electron chi connectivity index (χ0n) is 10.9. The molecular weight excluding hydrogens is 210 g/mol. The molecule has 0 unspecified atom stereocenters. The molecule has 90 valence electrons. The Labute approximate surface area is 104 Å². The van der Waals surface area contributed by atoms with E-state index in [2.05, 4.69) is 50.0 Å². The molecule has 0 saturated carbocycles. The third-order valence-corrected chi connectivity index (χ3v) is 2.23. The highest BCUT2D eigenvalue weighted by molar-refractivity contribution is 5.32. The van der Waals surface area contributed by atoms with Crippen molar-refractivity contribution in [2.24, 2.45) is 10.3 Å². The zero-order valence-corrected chi connectivity index (χ0v) is 10.9. The topological polar surface area (TPSA) is 28.0 Å². The molecule has 0 aliphatic heterocycles. The Morgan fingerprint density at radius 1 is 1.00 bits per heavy atom. The molecule has 3 nitrogen and oxygen atoms in total. The van der Waals surface area contributed by atoms with E-state index in [9.17, 15) is 0 Å². The van der Waals surface area contributed by atoms with Crippen molar-refractivity contribution in [3.63, 3.8) is 0 Å². The van der Waals surface area contributed by atoms with Gasteiger partial charge in [0.25, 0.3) is 0 Å². The van der Waals surface area contributed by atoms with Crippen molar-refractivity contribution >= 4 is 0 Å². The van der Waals surface area contributed by atoms with Crippen molar-refractivity contribution in [2.75, 3.05) is 0 Å². The van der Waals surface area contributed by atoms with Crippen LogP contribution in [0.3, 0.4) is 0 Å². The van der Waals surface area contributed by atoms with Gasteiger partial charge in [0.05, 0.1) is 6.04 Å². The average molecular weight is 229 g/mol. The smallest absolute Gasteiger partial charge is 0.0648 e. The van der Waals surface area contributed by atoms with Gasteiger partial charge in [-0.1, -0.05) is 28.5 Å². The van der Waals surface area contributed by atoms with E-state index < -0.39 is 0 Å². The number of rotatable bonds is 3. The van der Waals surface area contributed by atoms with Gasteiger partial charge in [0, 0.05) is 17.6 Å². The lowest BCUT2D eigenvalue weighted by molar-refractivity contribution is 0.170. The highest BCUT2D eigenvalue weighted by Gasteiger charge is 2.09. The van der Waals surface area contributed by atoms with E-state index in [-0.39, 0.29) is 0 Å². The van der Waals surface area contributed by atoms with Gasteiger partial charge in [0.1, 0.15) is 0 Å². The van der Waals surface area contributed by atoms with Crippen LogP contribution in [0.25, 0.3) is 0 Å². The predicted molar refractivity (Wildman–Crippen MR) is 70.3 cm³/mol. The summed E-state index contributed by atoms with van der Waals surface area (Å²) in [6.07, 6.45) is 0. The standard InChI is InChI=1S/C14H19N3/c1-12(2)17(13(3)4)16-15-11-10-14-8-6-5-7-9-14/h5-9,12-13H,1-4H3. The molecule has 0 atom stereocenters. The van der Waals surface area contributed by atoms with Crippen LogP contribution in [-0.2, 0) is 0 Å². The minimum Gasteiger partial charge on any atom is -0.273 e. The van der Waals surface area contributed by atoms with E-state index in [0.717, 1.165) is 5.56 Å². The van der Waals surface area contributed by atoms with Crippen molar-refractivity contribution in [3.8, 4) is 12.0 Å². The Hall–Kier alpha value is -1.82. The Bertz CT molecular complexity index is 402. The molecule has 3 heteroatoms. The van der Waals surface area contributed by atoms with Crippen LogP contribution in [0.15, 0.2) is 40.7 Å². The molecule has 0 aliphatic carbocycles. The summed E-state index contributed by atoms with van der Waals surface area (Å²) < 4.78 is 0. The summed E-state index contributed by atoms with van der Waals surface area (Å²) in [5.41, 5.74) is 0.951. The first-order chi connectivity index (χ1) is 8.11. The molecule has 0 amide bonds. The SMILES string of the molecule is CC(C)N(N=NC#Cc1ccccc1)C(C)C. The van der Waals surface area contributed by atoms with E-state index in [1.807, 2.05) is 35.3 Å². The summed E-state index contributed by atoms with van der Waals surface area (Å²) >= 11 is 0. The quantitative estimate of drug-likeness (QED) is 0.443. The van der Waals surface area contributed by atoms with Crippen LogP contribution in [0.2, 0.25) is 0 Å². The minimum absolute atomic E-state index is 0.331. The maximum atomic E-state index is 4.12. The van der Waals surface area contributed by atoms with E-state index in [4.69, 9.17) is 0 Å². The molecule has 0 N–H and O–H groups in total. The second-order valence-electron chi connectivity index (χ2n) is 4.36. The second-order valence-corrected chi connectivity index (χ2v) is 4.36.